The molecule has 0 atom stereocenters. The molecule has 0 aliphatic carbocycles. The first-order valence-corrected chi connectivity index (χ1v) is 4.76. The SMILES string of the molecule is [B]C(=O)OC/C(C=C)=C/C=C(\CC)OS. The minimum Gasteiger partial charge on any atom is -0.470 e. The second kappa shape index (κ2) is 8.23. The van der Waals surface area contributed by atoms with E-state index in [4.69, 9.17) is 12.0 Å². The van der Waals surface area contributed by atoms with Crippen molar-refractivity contribution in [3.05, 3.63) is 36.1 Å². The number of carbonyl (C=O) groups is 1. The average Bonchev–Trinajstić information content (AvgIpc) is 2.23. The van der Waals surface area contributed by atoms with Crippen LogP contribution in [0.5, 0.6) is 0 Å². The summed E-state index contributed by atoms with van der Waals surface area (Å²) in [6.07, 6.45) is 5.76. The second-order valence-corrected chi connectivity index (χ2v) is 2.81. The van der Waals surface area contributed by atoms with Crippen molar-refractivity contribution in [2.45, 2.75) is 13.3 Å². The average molecular weight is 224 g/mol. The highest BCUT2D eigenvalue weighted by molar-refractivity contribution is 7.75. The molecule has 0 unspecified atom stereocenters. The molecule has 0 aromatic heterocycles. The normalized spacial score (nSPS) is 12.1. The molecule has 80 valence electrons. The van der Waals surface area contributed by atoms with Crippen LogP contribution in [-0.2, 0) is 8.92 Å². The molecule has 0 aromatic rings. The summed E-state index contributed by atoms with van der Waals surface area (Å²) in [6.45, 7) is 5.61. The van der Waals surface area contributed by atoms with Gasteiger partial charge >= 0.3 is 0 Å². The van der Waals surface area contributed by atoms with Crippen molar-refractivity contribution in [3.63, 3.8) is 0 Å². The van der Waals surface area contributed by atoms with Crippen molar-refractivity contribution in [1.82, 2.24) is 0 Å². The van der Waals surface area contributed by atoms with Crippen molar-refractivity contribution in [3.8, 4) is 0 Å². The van der Waals surface area contributed by atoms with E-state index >= 15 is 0 Å². The Kier molecular flexibility index (Phi) is 7.63. The van der Waals surface area contributed by atoms with E-state index in [9.17, 15) is 4.79 Å². The van der Waals surface area contributed by atoms with Gasteiger partial charge in [-0.05, 0) is 11.6 Å². The molecule has 0 aromatic carbocycles. The van der Waals surface area contributed by atoms with Gasteiger partial charge < -0.3 is 8.92 Å². The zero-order valence-electron chi connectivity index (χ0n) is 8.60. The molecule has 0 bridgehead atoms. The Balaban J connectivity index is 4.38. The maximum absolute atomic E-state index is 10.4. The number of ether oxygens (including phenoxy) is 1. The molecule has 0 aliphatic rings. The van der Waals surface area contributed by atoms with Crippen molar-refractivity contribution >= 4 is 26.6 Å². The molecule has 5 heteroatoms. The topological polar surface area (TPSA) is 35.5 Å². The fraction of sp³-hybridized carbons (Fsp3) is 0.300. The molecule has 0 fully saturated rings. The van der Waals surface area contributed by atoms with E-state index in [2.05, 4.69) is 24.2 Å². The Morgan fingerprint density at radius 3 is 2.60 bits per heavy atom. The Morgan fingerprint density at radius 2 is 2.20 bits per heavy atom. The van der Waals surface area contributed by atoms with Gasteiger partial charge in [0, 0.05) is 19.3 Å². The number of hydrogen-bond acceptors (Lipinski definition) is 4. The van der Waals surface area contributed by atoms with Crippen LogP contribution in [0.1, 0.15) is 13.3 Å². The monoisotopic (exact) mass is 224 g/mol. The number of rotatable bonds is 6. The molecular weight excluding hydrogens is 211 g/mol. The van der Waals surface area contributed by atoms with Crippen molar-refractivity contribution in [2.24, 2.45) is 0 Å². The number of thiol groups is 1. The Hall–Kier alpha value is -1.10. The number of hydrogen-bond donors (Lipinski definition) is 1. The highest BCUT2D eigenvalue weighted by atomic mass is 32.1. The van der Waals surface area contributed by atoms with Crippen LogP contribution in [0.2, 0.25) is 0 Å². The predicted octanol–water partition coefficient (Wildman–Crippen LogP) is 2.56. The van der Waals surface area contributed by atoms with Crippen LogP contribution in [0.15, 0.2) is 36.1 Å². The third-order valence-corrected chi connectivity index (χ3v) is 1.83. The maximum Gasteiger partial charge on any atom is 0.236 e. The van der Waals surface area contributed by atoms with Gasteiger partial charge in [0.1, 0.15) is 12.4 Å². The molecule has 0 heterocycles. The van der Waals surface area contributed by atoms with Crippen LogP contribution < -0.4 is 0 Å². The van der Waals surface area contributed by atoms with Gasteiger partial charge in [-0.15, -0.1) is 0 Å². The van der Waals surface area contributed by atoms with Gasteiger partial charge in [-0.1, -0.05) is 25.7 Å². The lowest BCUT2D eigenvalue weighted by Gasteiger charge is -2.02. The van der Waals surface area contributed by atoms with Gasteiger partial charge in [0.25, 0.3) is 0 Å². The molecule has 0 amide bonds. The standard InChI is InChI=1S/C10H13BO3S/c1-3-8(7-13-10(11)12)5-6-9(4-2)14-15/h3,5-6,15H,1,4,7H2,2H3/b8-5+,9-6+. The molecule has 0 saturated heterocycles. The van der Waals surface area contributed by atoms with E-state index in [1.165, 1.54) is 0 Å². The molecule has 2 radical (unpaired) electrons. The predicted molar refractivity (Wildman–Crippen MR) is 63.8 cm³/mol. The first kappa shape index (κ1) is 13.9. The molecule has 0 spiro atoms. The smallest absolute Gasteiger partial charge is 0.236 e. The summed E-state index contributed by atoms with van der Waals surface area (Å²) < 4.78 is 9.37. The van der Waals surface area contributed by atoms with E-state index in [-0.39, 0.29) is 6.61 Å². The molecular formula is C10H13BO3S. The van der Waals surface area contributed by atoms with E-state index in [1.807, 2.05) is 6.92 Å². The molecule has 0 N–H and O–H groups in total. The van der Waals surface area contributed by atoms with Crippen LogP contribution in [0.3, 0.4) is 0 Å². The molecule has 0 rings (SSSR count). The van der Waals surface area contributed by atoms with Crippen molar-refractivity contribution < 1.29 is 13.7 Å². The molecule has 15 heavy (non-hydrogen) atoms. The van der Waals surface area contributed by atoms with E-state index in [0.29, 0.717) is 5.76 Å². The summed E-state index contributed by atoms with van der Waals surface area (Å²) in [5, 5.41) is 0. The zero-order chi connectivity index (χ0) is 11.7. The Labute approximate surface area is 96.9 Å². The van der Waals surface area contributed by atoms with E-state index in [1.54, 1.807) is 18.2 Å². The highest BCUT2D eigenvalue weighted by Crippen LogP contribution is 2.07. The van der Waals surface area contributed by atoms with Crippen molar-refractivity contribution in [1.29, 1.82) is 0 Å². The van der Waals surface area contributed by atoms with Gasteiger partial charge in [-0.2, -0.15) is 0 Å². The lowest BCUT2D eigenvalue weighted by molar-refractivity contribution is 0.184. The van der Waals surface area contributed by atoms with Crippen LogP contribution in [0.4, 0.5) is 4.79 Å². The lowest BCUT2D eigenvalue weighted by Crippen LogP contribution is -2.03. The van der Waals surface area contributed by atoms with Crippen LogP contribution in [-0.4, -0.2) is 20.3 Å². The summed E-state index contributed by atoms with van der Waals surface area (Å²) in [7, 11) is 4.83. The van der Waals surface area contributed by atoms with Gasteiger partial charge in [-0.3, -0.25) is 4.79 Å². The third-order valence-electron chi connectivity index (χ3n) is 1.59. The largest absolute Gasteiger partial charge is 0.470 e. The summed E-state index contributed by atoms with van der Waals surface area (Å²) >= 11 is 3.68. The summed E-state index contributed by atoms with van der Waals surface area (Å²) in [4.78, 5) is 10.4. The minimum absolute atomic E-state index is 0.0961. The van der Waals surface area contributed by atoms with Gasteiger partial charge in [-0.25, -0.2) is 0 Å². The summed E-state index contributed by atoms with van der Waals surface area (Å²) in [6, 6.07) is 0. The fourth-order valence-electron chi connectivity index (χ4n) is 0.742. The molecule has 3 nitrogen and oxygen atoms in total. The maximum atomic E-state index is 10.4. The minimum atomic E-state index is -0.812. The third kappa shape index (κ3) is 6.91. The quantitative estimate of drug-likeness (QED) is 0.247. The van der Waals surface area contributed by atoms with E-state index < -0.39 is 5.87 Å². The highest BCUT2D eigenvalue weighted by Gasteiger charge is 1.95. The van der Waals surface area contributed by atoms with E-state index in [0.717, 1.165) is 12.0 Å². The van der Waals surface area contributed by atoms with Gasteiger partial charge in [0.05, 0.1) is 0 Å². The summed E-state index contributed by atoms with van der Waals surface area (Å²) in [5.74, 6) is -0.107. The number of allylic oxidation sites excluding steroid dienone is 3. The zero-order valence-corrected chi connectivity index (χ0v) is 9.50. The Bertz CT molecular complexity index is 278. The van der Waals surface area contributed by atoms with Crippen molar-refractivity contribution in [2.75, 3.05) is 6.61 Å². The van der Waals surface area contributed by atoms with Crippen LogP contribution in [0, 0.1) is 0 Å². The Morgan fingerprint density at radius 1 is 1.53 bits per heavy atom. The van der Waals surface area contributed by atoms with Gasteiger partial charge in [0.15, 0.2) is 0 Å². The summed E-state index contributed by atoms with van der Waals surface area (Å²) in [5.41, 5.74) is 0.727. The number of carbonyl (C=O) groups excluding carboxylic acids is 1. The fourth-order valence-corrected chi connectivity index (χ4v) is 0.932. The van der Waals surface area contributed by atoms with Crippen LogP contribution >= 0.6 is 12.9 Å². The van der Waals surface area contributed by atoms with Gasteiger partial charge in [0.2, 0.25) is 13.7 Å². The molecule has 0 aliphatic heterocycles. The second-order valence-electron chi connectivity index (χ2n) is 2.63. The first-order chi connectivity index (χ1) is 7.13. The van der Waals surface area contributed by atoms with Crippen LogP contribution in [0.25, 0.3) is 0 Å². The first-order valence-electron chi connectivity index (χ1n) is 4.39. The lowest BCUT2D eigenvalue weighted by atomic mass is 10.2. The molecule has 0 saturated carbocycles.